The third kappa shape index (κ3) is 2.77. The van der Waals surface area contributed by atoms with E-state index in [1.165, 1.54) is 11.8 Å². The minimum atomic E-state index is -0.870. The Labute approximate surface area is 128 Å². The molecule has 8 heteroatoms. The molecule has 1 aromatic carbocycles. The van der Waals surface area contributed by atoms with Crippen molar-refractivity contribution in [2.24, 2.45) is 0 Å². The topological polar surface area (TPSA) is 80.9 Å². The van der Waals surface area contributed by atoms with Gasteiger partial charge in [0.1, 0.15) is 5.82 Å². The second kappa shape index (κ2) is 5.82. The summed E-state index contributed by atoms with van der Waals surface area (Å²) in [6.45, 7) is 2.00. The number of aryl methyl sites for hydroxylation is 1. The minimum Gasteiger partial charge on any atom is -0.481 e. The molecule has 2 heterocycles. The van der Waals surface area contributed by atoms with Gasteiger partial charge in [-0.25, -0.2) is 4.98 Å². The Morgan fingerprint density at radius 1 is 1.43 bits per heavy atom. The molecule has 0 saturated heterocycles. The van der Waals surface area contributed by atoms with Gasteiger partial charge in [0.2, 0.25) is 0 Å². The first-order valence-corrected chi connectivity index (χ1v) is 8.18. The molecule has 0 atom stereocenters. The number of rotatable bonds is 5. The van der Waals surface area contributed by atoms with Crippen LogP contribution in [-0.2, 0) is 11.2 Å². The van der Waals surface area contributed by atoms with Gasteiger partial charge in [-0.2, -0.15) is 0 Å². The van der Waals surface area contributed by atoms with Crippen molar-refractivity contribution in [3.8, 4) is 5.69 Å². The summed E-state index contributed by atoms with van der Waals surface area (Å²) < 4.78 is 2.99. The van der Waals surface area contributed by atoms with Gasteiger partial charge in [-0.15, -0.1) is 21.5 Å². The molecule has 21 heavy (non-hydrogen) atoms. The van der Waals surface area contributed by atoms with Gasteiger partial charge in [0.15, 0.2) is 5.16 Å². The minimum absolute atomic E-state index is 0.0371. The Balaban J connectivity index is 2.05. The first-order valence-electron chi connectivity index (χ1n) is 6.31. The summed E-state index contributed by atoms with van der Waals surface area (Å²) in [6, 6.07) is 5.93. The zero-order chi connectivity index (χ0) is 14.8. The number of nitrogens with zero attached hydrogens (tertiary/aromatic N) is 4. The van der Waals surface area contributed by atoms with Crippen LogP contribution in [0.1, 0.15) is 12.7 Å². The third-order valence-corrected chi connectivity index (χ3v) is 4.62. The number of aromatic nitrogens is 4. The molecule has 0 spiro atoms. The highest BCUT2D eigenvalue weighted by molar-refractivity contribution is 7.99. The molecule has 6 nitrogen and oxygen atoms in total. The van der Waals surface area contributed by atoms with Crippen LogP contribution in [0.2, 0.25) is 0 Å². The Morgan fingerprint density at radius 2 is 2.29 bits per heavy atom. The third-order valence-electron chi connectivity index (χ3n) is 2.91. The van der Waals surface area contributed by atoms with E-state index in [2.05, 4.69) is 15.2 Å². The van der Waals surface area contributed by atoms with Gasteiger partial charge < -0.3 is 5.11 Å². The second-order valence-corrected chi connectivity index (χ2v) is 6.10. The van der Waals surface area contributed by atoms with Gasteiger partial charge in [0, 0.05) is 6.42 Å². The standard InChI is InChI=1S/C13H12N4O2S2/c1-2-11-15-16-13(20-6-12(18)19)17(11)8-3-4-9-10(5-8)21-7-14-9/h3-5,7H,2,6H2,1H3,(H,18,19). The molecule has 3 rings (SSSR count). The number of carboxylic acid groups (broad SMARTS) is 1. The van der Waals surface area contributed by atoms with Crippen molar-refractivity contribution >= 4 is 39.3 Å². The number of aliphatic carboxylic acids is 1. The van der Waals surface area contributed by atoms with Gasteiger partial charge in [-0.05, 0) is 18.2 Å². The summed E-state index contributed by atoms with van der Waals surface area (Å²) in [4.78, 5) is 15.0. The zero-order valence-electron chi connectivity index (χ0n) is 11.2. The summed E-state index contributed by atoms with van der Waals surface area (Å²) in [5.41, 5.74) is 3.69. The maximum atomic E-state index is 10.8. The van der Waals surface area contributed by atoms with Crippen LogP contribution < -0.4 is 0 Å². The lowest BCUT2D eigenvalue weighted by Crippen LogP contribution is -2.04. The molecule has 108 valence electrons. The van der Waals surface area contributed by atoms with Crippen molar-refractivity contribution in [3.05, 3.63) is 29.5 Å². The molecule has 0 saturated carbocycles. The van der Waals surface area contributed by atoms with Crippen LogP contribution in [0.4, 0.5) is 0 Å². The Kier molecular flexibility index (Phi) is 3.89. The van der Waals surface area contributed by atoms with E-state index in [0.717, 1.165) is 28.1 Å². The highest BCUT2D eigenvalue weighted by Crippen LogP contribution is 2.26. The SMILES string of the molecule is CCc1nnc(SCC(=O)O)n1-c1ccc2ncsc2c1. The van der Waals surface area contributed by atoms with Gasteiger partial charge >= 0.3 is 5.97 Å². The summed E-state index contributed by atoms with van der Waals surface area (Å²) in [5.74, 6) is -0.0951. The first kappa shape index (κ1) is 14.0. The Bertz CT molecular complexity index is 796. The van der Waals surface area contributed by atoms with E-state index in [1.54, 1.807) is 16.8 Å². The molecule has 2 aromatic heterocycles. The number of fused-ring (bicyclic) bond motifs is 1. The average Bonchev–Trinajstić information content (AvgIpc) is 3.10. The lowest BCUT2D eigenvalue weighted by atomic mass is 10.3. The maximum absolute atomic E-state index is 10.8. The summed E-state index contributed by atoms with van der Waals surface area (Å²) >= 11 is 2.74. The van der Waals surface area contributed by atoms with Crippen LogP contribution in [0.3, 0.4) is 0 Å². The maximum Gasteiger partial charge on any atom is 0.313 e. The largest absolute Gasteiger partial charge is 0.481 e. The summed E-state index contributed by atoms with van der Waals surface area (Å²) in [6.07, 6.45) is 0.724. The number of carboxylic acids is 1. The van der Waals surface area contributed by atoms with E-state index in [1.807, 2.05) is 29.7 Å². The van der Waals surface area contributed by atoms with Crippen molar-refractivity contribution in [3.63, 3.8) is 0 Å². The molecular formula is C13H12N4O2S2. The van der Waals surface area contributed by atoms with Crippen LogP contribution in [-0.4, -0.2) is 36.6 Å². The van der Waals surface area contributed by atoms with Crippen LogP contribution in [0.15, 0.2) is 28.9 Å². The number of hydrogen-bond donors (Lipinski definition) is 1. The summed E-state index contributed by atoms with van der Waals surface area (Å²) in [7, 11) is 0. The number of thiazole rings is 1. The molecule has 0 unspecified atom stereocenters. The van der Waals surface area contributed by atoms with Crippen molar-refractivity contribution in [1.82, 2.24) is 19.7 Å². The van der Waals surface area contributed by atoms with Crippen molar-refractivity contribution < 1.29 is 9.90 Å². The van der Waals surface area contributed by atoms with E-state index in [-0.39, 0.29) is 5.75 Å². The van der Waals surface area contributed by atoms with E-state index in [0.29, 0.717) is 5.16 Å². The molecule has 3 aromatic rings. The molecule has 0 aliphatic rings. The first-order chi connectivity index (χ1) is 10.2. The van der Waals surface area contributed by atoms with Gasteiger partial charge in [0.05, 0.1) is 27.2 Å². The molecule has 0 fully saturated rings. The number of thioether (sulfide) groups is 1. The predicted octanol–water partition coefficient (Wildman–Crippen LogP) is 2.62. The number of hydrogen-bond acceptors (Lipinski definition) is 6. The van der Waals surface area contributed by atoms with Gasteiger partial charge in [0.25, 0.3) is 0 Å². The molecule has 1 N–H and O–H groups in total. The number of carbonyl (C=O) groups is 1. The Morgan fingerprint density at radius 3 is 3.05 bits per heavy atom. The molecule has 0 aliphatic carbocycles. The van der Waals surface area contributed by atoms with Crippen molar-refractivity contribution in [2.75, 3.05) is 5.75 Å². The zero-order valence-corrected chi connectivity index (χ0v) is 12.8. The lowest BCUT2D eigenvalue weighted by molar-refractivity contribution is -0.133. The monoisotopic (exact) mass is 320 g/mol. The molecule has 0 bridgehead atoms. The fraction of sp³-hybridized carbons (Fsp3) is 0.231. The van der Waals surface area contributed by atoms with E-state index in [9.17, 15) is 4.79 Å². The smallest absolute Gasteiger partial charge is 0.313 e. The number of benzene rings is 1. The fourth-order valence-corrected chi connectivity index (χ4v) is 3.39. The lowest BCUT2D eigenvalue weighted by Gasteiger charge is -2.08. The highest BCUT2D eigenvalue weighted by atomic mass is 32.2. The van der Waals surface area contributed by atoms with Gasteiger partial charge in [-0.3, -0.25) is 9.36 Å². The fourth-order valence-electron chi connectivity index (χ4n) is 1.99. The van der Waals surface area contributed by atoms with Crippen molar-refractivity contribution in [1.29, 1.82) is 0 Å². The van der Waals surface area contributed by atoms with E-state index in [4.69, 9.17) is 5.11 Å². The van der Waals surface area contributed by atoms with Gasteiger partial charge in [-0.1, -0.05) is 18.7 Å². The van der Waals surface area contributed by atoms with Crippen LogP contribution in [0.25, 0.3) is 15.9 Å². The van der Waals surface area contributed by atoms with E-state index < -0.39 is 5.97 Å². The molecular weight excluding hydrogens is 308 g/mol. The van der Waals surface area contributed by atoms with Crippen molar-refractivity contribution in [2.45, 2.75) is 18.5 Å². The normalized spacial score (nSPS) is 11.1. The average molecular weight is 320 g/mol. The molecule has 0 amide bonds. The van der Waals surface area contributed by atoms with Crippen LogP contribution in [0.5, 0.6) is 0 Å². The molecule has 0 radical (unpaired) electrons. The predicted molar refractivity (Wildman–Crippen MR) is 82.3 cm³/mol. The highest BCUT2D eigenvalue weighted by Gasteiger charge is 2.15. The Hall–Kier alpha value is -1.93. The quantitative estimate of drug-likeness (QED) is 0.728. The van der Waals surface area contributed by atoms with Crippen LogP contribution in [0, 0.1) is 0 Å². The van der Waals surface area contributed by atoms with E-state index >= 15 is 0 Å². The summed E-state index contributed by atoms with van der Waals surface area (Å²) in [5, 5.41) is 17.7. The van der Waals surface area contributed by atoms with Crippen LogP contribution >= 0.6 is 23.1 Å². The molecule has 0 aliphatic heterocycles. The second-order valence-electron chi connectivity index (χ2n) is 4.27.